The molecule has 1 saturated carbocycles. The lowest BCUT2D eigenvalue weighted by Crippen LogP contribution is -2.24. The molecule has 98 valence electrons. The van der Waals surface area contributed by atoms with Crippen LogP contribution in [0.3, 0.4) is 0 Å². The molecule has 0 amide bonds. The highest BCUT2D eigenvalue weighted by Gasteiger charge is 2.13. The molecule has 1 nitrogen and oxygen atoms in total. The molecule has 0 aromatic heterocycles. The van der Waals surface area contributed by atoms with E-state index in [9.17, 15) is 0 Å². The van der Waals surface area contributed by atoms with Gasteiger partial charge in [-0.1, -0.05) is 37.5 Å². The highest BCUT2D eigenvalue weighted by Crippen LogP contribution is 2.24. The molecule has 1 N–H and O–H groups in total. The predicted molar refractivity (Wildman–Crippen MR) is 76.7 cm³/mol. The number of rotatable bonds is 4. The molecule has 18 heavy (non-hydrogen) atoms. The van der Waals surface area contributed by atoms with E-state index in [1.54, 1.807) is 11.1 Å². The maximum absolute atomic E-state index is 3.66. The molecule has 0 atom stereocenters. The van der Waals surface area contributed by atoms with Crippen LogP contribution in [-0.2, 0) is 19.4 Å². The van der Waals surface area contributed by atoms with Gasteiger partial charge in [0.2, 0.25) is 0 Å². The van der Waals surface area contributed by atoms with Gasteiger partial charge < -0.3 is 5.32 Å². The summed E-state index contributed by atoms with van der Waals surface area (Å²) in [4.78, 5) is 0. The van der Waals surface area contributed by atoms with Crippen molar-refractivity contribution in [2.24, 2.45) is 5.92 Å². The third kappa shape index (κ3) is 2.95. The van der Waals surface area contributed by atoms with Gasteiger partial charge in [0.05, 0.1) is 0 Å². The van der Waals surface area contributed by atoms with Crippen molar-refractivity contribution in [1.82, 2.24) is 5.32 Å². The van der Waals surface area contributed by atoms with Crippen molar-refractivity contribution in [2.75, 3.05) is 6.54 Å². The van der Waals surface area contributed by atoms with E-state index in [0.717, 1.165) is 12.5 Å². The summed E-state index contributed by atoms with van der Waals surface area (Å²) in [6, 6.07) is 7.09. The number of hydrogen-bond acceptors (Lipinski definition) is 1. The van der Waals surface area contributed by atoms with Crippen LogP contribution in [0, 0.1) is 5.92 Å². The van der Waals surface area contributed by atoms with Gasteiger partial charge in [-0.2, -0.15) is 0 Å². The van der Waals surface area contributed by atoms with Crippen LogP contribution < -0.4 is 5.32 Å². The van der Waals surface area contributed by atoms with Gasteiger partial charge in [-0.3, -0.25) is 0 Å². The molecule has 0 bridgehead atoms. The molecule has 1 heteroatoms. The van der Waals surface area contributed by atoms with Crippen LogP contribution in [0.5, 0.6) is 0 Å². The Hall–Kier alpha value is -0.820. The molecular weight excluding hydrogens is 218 g/mol. The van der Waals surface area contributed by atoms with Crippen molar-refractivity contribution in [2.45, 2.75) is 57.9 Å². The zero-order valence-electron chi connectivity index (χ0n) is 11.4. The Kier molecular flexibility index (Phi) is 3.99. The topological polar surface area (TPSA) is 12.0 Å². The number of hydrogen-bond donors (Lipinski definition) is 1. The minimum Gasteiger partial charge on any atom is -0.312 e. The summed E-state index contributed by atoms with van der Waals surface area (Å²) in [7, 11) is 0. The fraction of sp³-hybridized carbons (Fsp3) is 0.647. The van der Waals surface area contributed by atoms with E-state index in [1.807, 2.05) is 0 Å². The summed E-state index contributed by atoms with van der Waals surface area (Å²) in [5, 5.41) is 3.66. The quantitative estimate of drug-likeness (QED) is 0.847. The van der Waals surface area contributed by atoms with Gasteiger partial charge in [-0.15, -0.1) is 0 Å². The van der Waals surface area contributed by atoms with E-state index < -0.39 is 0 Å². The van der Waals surface area contributed by atoms with Crippen LogP contribution >= 0.6 is 0 Å². The van der Waals surface area contributed by atoms with Crippen molar-refractivity contribution in [3.8, 4) is 0 Å². The lowest BCUT2D eigenvalue weighted by molar-refractivity contribution is 0.342. The van der Waals surface area contributed by atoms with Crippen LogP contribution in [0.25, 0.3) is 0 Å². The van der Waals surface area contributed by atoms with Crippen molar-refractivity contribution in [3.63, 3.8) is 0 Å². The number of aryl methyl sites for hydroxylation is 2. The van der Waals surface area contributed by atoms with E-state index in [2.05, 4.69) is 23.5 Å². The van der Waals surface area contributed by atoms with Gasteiger partial charge in [0.25, 0.3) is 0 Å². The Bertz CT molecular complexity index is 391. The van der Waals surface area contributed by atoms with E-state index in [1.165, 1.54) is 63.5 Å². The summed E-state index contributed by atoms with van der Waals surface area (Å²) < 4.78 is 0. The Morgan fingerprint density at radius 2 is 1.78 bits per heavy atom. The smallest absolute Gasteiger partial charge is 0.0205 e. The molecule has 0 heterocycles. The second-order valence-electron chi connectivity index (χ2n) is 6.09. The Morgan fingerprint density at radius 3 is 2.67 bits per heavy atom. The monoisotopic (exact) mass is 243 g/mol. The molecule has 2 aliphatic carbocycles. The third-order valence-electron chi connectivity index (χ3n) is 4.65. The van der Waals surface area contributed by atoms with Crippen LogP contribution in [0.4, 0.5) is 0 Å². The molecule has 1 aromatic rings. The Labute approximate surface area is 111 Å². The normalized spacial score (nSPS) is 20.0. The predicted octanol–water partition coefficient (Wildman–Crippen LogP) is 3.85. The molecule has 0 aliphatic heterocycles. The van der Waals surface area contributed by atoms with Gasteiger partial charge >= 0.3 is 0 Å². The molecule has 1 fully saturated rings. The summed E-state index contributed by atoms with van der Waals surface area (Å²) in [5.74, 6) is 0.938. The van der Waals surface area contributed by atoms with Crippen molar-refractivity contribution >= 4 is 0 Å². The van der Waals surface area contributed by atoms with Crippen molar-refractivity contribution in [1.29, 1.82) is 0 Å². The molecule has 0 unspecified atom stereocenters. The van der Waals surface area contributed by atoms with Gasteiger partial charge in [-0.25, -0.2) is 0 Å². The first-order valence-corrected chi connectivity index (χ1v) is 7.73. The van der Waals surface area contributed by atoms with E-state index in [4.69, 9.17) is 0 Å². The summed E-state index contributed by atoms with van der Waals surface area (Å²) in [6.07, 6.45) is 11.2. The first kappa shape index (κ1) is 12.2. The molecule has 2 aliphatic rings. The standard InChI is InChI=1S/C17H25N/c1-2-5-14(6-3-1)12-18-13-15-9-10-16-7-4-8-17(16)11-15/h9-11,14,18H,1-8,12-13H2. The highest BCUT2D eigenvalue weighted by atomic mass is 14.9. The van der Waals surface area contributed by atoms with Crippen molar-refractivity contribution in [3.05, 3.63) is 34.9 Å². The molecule has 0 spiro atoms. The average molecular weight is 243 g/mol. The van der Waals surface area contributed by atoms with E-state index in [0.29, 0.717) is 0 Å². The Morgan fingerprint density at radius 1 is 0.944 bits per heavy atom. The largest absolute Gasteiger partial charge is 0.312 e. The maximum atomic E-state index is 3.66. The first-order chi connectivity index (χ1) is 8.92. The van der Waals surface area contributed by atoms with E-state index >= 15 is 0 Å². The van der Waals surface area contributed by atoms with Crippen LogP contribution in [0.2, 0.25) is 0 Å². The van der Waals surface area contributed by atoms with Gasteiger partial charge in [0, 0.05) is 6.54 Å². The Balaban J connectivity index is 1.48. The minimum absolute atomic E-state index is 0.938. The second kappa shape index (κ2) is 5.88. The van der Waals surface area contributed by atoms with Gasteiger partial charge in [-0.05, 0) is 61.3 Å². The van der Waals surface area contributed by atoms with Gasteiger partial charge in [0.15, 0.2) is 0 Å². The minimum atomic E-state index is 0.938. The average Bonchev–Trinajstić information content (AvgIpc) is 2.87. The third-order valence-corrected chi connectivity index (χ3v) is 4.65. The van der Waals surface area contributed by atoms with Crippen LogP contribution in [0.1, 0.15) is 55.2 Å². The fourth-order valence-corrected chi connectivity index (χ4v) is 3.55. The number of benzene rings is 1. The highest BCUT2D eigenvalue weighted by molar-refractivity contribution is 5.35. The first-order valence-electron chi connectivity index (χ1n) is 7.73. The second-order valence-corrected chi connectivity index (χ2v) is 6.09. The zero-order valence-corrected chi connectivity index (χ0v) is 11.4. The molecular formula is C17H25N. The maximum Gasteiger partial charge on any atom is 0.0205 e. The lowest BCUT2D eigenvalue weighted by Gasteiger charge is -2.21. The number of nitrogens with one attached hydrogen (secondary N) is 1. The summed E-state index contributed by atoms with van der Waals surface area (Å²) in [6.45, 7) is 2.28. The van der Waals surface area contributed by atoms with Gasteiger partial charge in [0.1, 0.15) is 0 Å². The van der Waals surface area contributed by atoms with E-state index in [-0.39, 0.29) is 0 Å². The SMILES string of the molecule is c1cc2c(cc1CNCC1CCCCC1)CCC2. The fourth-order valence-electron chi connectivity index (χ4n) is 3.55. The molecule has 3 rings (SSSR count). The molecule has 0 saturated heterocycles. The summed E-state index contributed by atoms with van der Waals surface area (Å²) in [5.41, 5.74) is 4.67. The lowest BCUT2D eigenvalue weighted by atomic mass is 9.89. The summed E-state index contributed by atoms with van der Waals surface area (Å²) >= 11 is 0. The molecule has 1 aromatic carbocycles. The van der Waals surface area contributed by atoms with Crippen molar-refractivity contribution < 1.29 is 0 Å². The van der Waals surface area contributed by atoms with Crippen LogP contribution in [-0.4, -0.2) is 6.54 Å². The van der Waals surface area contributed by atoms with Crippen LogP contribution in [0.15, 0.2) is 18.2 Å². The zero-order chi connectivity index (χ0) is 12.2. The molecule has 0 radical (unpaired) electrons. The number of fused-ring (bicyclic) bond motifs is 1.